The predicted octanol–water partition coefficient (Wildman–Crippen LogP) is 5.39. The van der Waals surface area contributed by atoms with Gasteiger partial charge in [-0.15, -0.1) is 0 Å². The molecule has 0 aliphatic heterocycles. The third kappa shape index (κ3) is 12.5. The van der Waals surface area contributed by atoms with Crippen molar-refractivity contribution >= 4 is 10.1 Å². The fourth-order valence-electron chi connectivity index (χ4n) is 2.76. The van der Waals surface area contributed by atoms with Gasteiger partial charge < -0.3 is 0 Å². The Morgan fingerprint density at radius 3 is 1.79 bits per heavy atom. The van der Waals surface area contributed by atoms with Crippen LogP contribution in [-0.4, -0.2) is 13.0 Å². The fourth-order valence-corrected chi connectivity index (χ4v) is 3.52. The predicted molar refractivity (Wildman–Crippen MR) is 91.8 cm³/mol. The maximum Gasteiger partial charge on any atom is 0.294 e. The number of unbranched alkanes of at least 4 members (excludes halogenated alkanes) is 9. The van der Waals surface area contributed by atoms with E-state index in [9.17, 15) is 13.0 Å². The van der Waals surface area contributed by atoms with Crippen LogP contribution in [0.2, 0.25) is 0 Å². The molecule has 0 bridgehead atoms. The SMILES string of the molecule is CCCCCCCCCCCCc1ccccc1S(=O)(=O)O.[Ce].[Zn]. The van der Waals surface area contributed by atoms with Crippen LogP contribution < -0.4 is 0 Å². The van der Waals surface area contributed by atoms with Crippen molar-refractivity contribution in [1.29, 1.82) is 0 Å². The van der Waals surface area contributed by atoms with Crippen molar-refractivity contribution in [3.8, 4) is 0 Å². The van der Waals surface area contributed by atoms with Gasteiger partial charge in [0, 0.05) is 61.2 Å². The van der Waals surface area contributed by atoms with E-state index in [1.54, 1.807) is 12.1 Å². The molecule has 1 N–H and O–H groups in total. The summed E-state index contributed by atoms with van der Waals surface area (Å²) in [6.07, 6.45) is 13.3. The molecular formula is C18H30CeO3SZn. The van der Waals surface area contributed by atoms with Crippen molar-refractivity contribution in [3.63, 3.8) is 0 Å². The first kappa shape index (κ1) is 27.3. The molecule has 1 aromatic rings. The molecule has 0 unspecified atom stereocenters. The summed E-state index contributed by atoms with van der Waals surface area (Å²) in [6, 6.07) is 6.73. The summed E-state index contributed by atoms with van der Waals surface area (Å²) in [6.45, 7) is 2.24. The van der Waals surface area contributed by atoms with E-state index < -0.39 is 10.1 Å². The van der Waals surface area contributed by atoms with Gasteiger partial charge in [0.05, 0.1) is 4.90 Å². The van der Waals surface area contributed by atoms with E-state index in [1.165, 1.54) is 57.4 Å². The molecule has 0 saturated heterocycles. The molecule has 0 amide bonds. The van der Waals surface area contributed by atoms with Crippen molar-refractivity contribution in [3.05, 3.63) is 29.8 Å². The van der Waals surface area contributed by atoms with Gasteiger partial charge in [-0.2, -0.15) is 8.42 Å². The standard InChI is InChI=1S/C18H30O3S.Ce.Zn/c1-2-3-4-5-6-7-8-9-10-11-14-17-15-12-13-16-18(17)22(19,20)21;;/h12-13,15-16H,2-11,14H2,1H3,(H,19,20,21);;. The van der Waals surface area contributed by atoms with E-state index in [0.29, 0.717) is 6.42 Å². The second kappa shape index (κ2) is 16.3. The summed E-state index contributed by atoms with van der Waals surface area (Å²) < 4.78 is 31.8. The average Bonchev–Trinajstić information content (AvgIpc) is 2.48. The summed E-state index contributed by atoms with van der Waals surface area (Å²) >= 11 is 0. The van der Waals surface area contributed by atoms with Crippen LogP contribution in [0.25, 0.3) is 0 Å². The van der Waals surface area contributed by atoms with Crippen LogP contribution in [0.15, 0.2) is 29.2 Å². The monoisotopic (exact) mass is 530 g/mol. The first-order valence-corrected chi connectivity index (χ1v) is 10.0. The van der Waals surface area contributed by atoms with Gasteiger partial charge >= 0.3 is 0 Å². The number of hydrogen-bond acceptors (Lipinski definition) is 2. The van der Waals surface area contributed by atoms with Crippen LogP contribution in [0.5, 0.6) is 0 Å². The van der Waals surface area contributed by atoms with Crippen LogP contribution >= 0.6 is 0 Å². The number of rotatable bonds is 12. The first-order valence-electron chi connectivity index (χ1n) is 8.61. The molecule has 0 atom stereocenters. The van der Waals surface area contributed by atoms with Crippen molar-refractivity contribution in [1.82, 2.24) is 0 Å². The Kier molecular flexibility index (Phi) is 18.6. The third-order valence-corrected chi connectivity index (χ3v) is 5.00. The molecule has 0 spiro atoms. The Morgan fingerprint density at radius 1 is 0.833 bits per heavy atom. The van der Waals surface area contributed by atoms with Crippen molar-refractivity contribution in [2.45, 2.75) is 82.4 Å². The summed E-state index contributed by atoms with van der Waals surface area (Å²) in [4.78, 5) is 0.0610. The second-order valence-corrected chi connectivity index (χ2v) is 7.40. The van der Waals surface area contributed by atoms with Crippen molar-refractivity contribution < 1.29 is 74.2 Å². The van der Waals surface area contributed by atoms with Crippen molar-refractivity contribution in [2.75, 3.05) is 0 Å². The minimum atomic E-state index is -4.10. The van der Waals surface area contributed by atoms with E-state index in [1.807, 2.05) is 6.07 Å². The Balaban J connectivity index is 0. The van der Waals surface area contributed by atoms with Gasteiger partial charge in [0.25, 0.3) is 10.1 Å². The van der Waals surface area contributed by atoms with Gasteiger partial charge in [-0.25, -0.2) is 0 Å². The van der Waals surface area contributed by atoms with Gasteiger partial charge in [0.2, 0.25) is 0 Å². The second-order valence-electron chi connectivity index (χ2n) is 6.01. The molecular weight excluding hydrogens is 502 g/mol. The summed E-state index contributed by atoms with van der Waals surface area (Å²) in [5.41, 5.74) is 0.726. The summed E-state index contributed by atoms with van der Waals surface area (Å²) in [5.74, 6) is 0. The Labute approximate surface area is 194 Å². The van der Waals surface area contributed by atoms with Gasteiger partial charge in [0.1, 0.15) is 0 Å². The molecule has 1 rings (SSSR count). The smallest absolute Gasteiger partial charge is 0.282 e. The number of hydrogen-bond donors (Lipinski definition) is 1. The van der Waals surface area contributed by atoms with E-state index in [-0.39, 0.29) is 66.1 Å². The number of benzene rings is 1. The molecule has 0 aromatic heterocycles. The van der Waals surface area contributed by atoms with Crippen LogP contribution in [0.4, 0.5) is 0 Å². The van der Waals surface area contributed by atoms with E-state index in [2.05, 4.69) is 6.92 Å². The van der Waals surface area contributed by atoms with Crippen LogP contribution in [-0.2, 0) is 36.0 Å². The molecule has 0 saturated carbocycles. The topological polar surface area (TPSA) is 54.4 Å². The molecule has 132 valence electrons. The Morgan fingerprint density at radius 2 is 1.29 bits per heavy atom. The quantitative estimate of drug-likeness (QED) is 0.223. The molecule has 6 heteroatoms. The molecule has 0 heterocycles. The summed E-state index contributed by atoms with van der Waals surface area (Å²) in [5, 5.41) is 0. The Hall–Kier alpha value is 1.13. The van der Waals surface area contributed by atoms with Crippen LogP contribution in [0.1, 0.15) is 76.7 Å². The molecule has 24 heavy (non-hydrogen) atoms. The minimum absolute atomic E-state index is 0. The maximum atomic E-state index is 11.3. The van der Waals surface area contributed by atoms with Crippen LogP contribution in [0, 0.1) is 41.7 Å². The average molecular weight is 532 g/mol. The maximum absolute atomic E-state index is 11.3. The first-order chi connectivity index (χ1) is 10.6. The molecule has 3 nitrogen and oxygen atoms in total. The zero-order chi connectivity index (χ0) is 16.3. The van der Waals surface area contributed by atoms with E-state index in [0.717, 1.165) is 18.4 Å². The zero-order valence-corrected chi connectivity index (χ0v) is 21.9. The normalized spacial score (nSPS) is 10.8. The minimum Gasteiger partial charge on any atom is -0.282 e. The molecule has 0 fully saturated rings. The van der Waals surface area contributed by atoms with Crippen LogP contribution in [0.3, 0.4) is 0 Å². The van der Waals surface area contributed by atoms with Gasteiger partial charge in [-0.3, -0.25) is 4.55 Å². The van der Waals surface area contributed by atoms with E-state index >= 15 is 0 Å². The Bertz CT molecular complexity index is 521. The molecule has 0 aliphatic carbocycles. The number of aryl methyl sites for hydroxylation is 1. The van der Waals surface area contributed by atoms with Gasteiger partial charge in [0.15, 0.2) is 0 Å². The third-order valence-electron chi connectivity index (χ3n) is 4.05. The largest absolute Gasteiger partial charge is 0.294 e. The van der Waals surface area contributed by atoms with Crippen molar-refractivity contribution in [2.24, 2.45) is 0 Å². The molecule has 0 radical (unpaired) electrons. The zero-order valence-electron chi connectivity index (χ0n) is 15.0. The van der Waals surface area contributed by atoms with Gasteiger partial charge in [-0.05, 0) is 24.5 Å². The molecule has 0 aliphatic rings. The van der Waals surface area contributed by atoms with E-state index in [4.69, 9.17) is 0 Å². The summed E-state index contributed by atoms with van der Waals surface area (Å²) in [7, 11) is -4.10. The fraction of sp³-hybridized carbons (Fsp3) is 0.667. The van der Waals surface area contributed by atoms with Gasteiger partial charge in [-0.1, -0.05) is 82.9 Å². The molecule has 1 aromatic carbocycles.